The Morgan fingerprint density at radius 3 is 2.33 bits per heavy atom. The zero-order valence-corrected chi connectivity index (χ0v) is 9.71. The number of hydrogen-bond donors (Lipinski definition) is 0. The molecule has 0 spiro atoms. The lowest BCUT2D eigenvalue weighted by Gasteiger charge is -2.14. The standard InChI is InChI=1S/C16H11NO/c17-10-14-15(11-6-2-1-3-7-11)12-8-4-5-9-13(12)16(14)18/h1-9,14-15H/t14-,15+/m0/s1. The van der Waals surface area contributed by atoms with Gasteiger partial charge < -0.3 is 0 Å². The predicted octanol–water partition coefficient (Wildman–Crippen LogP) is 3.15. The largest absolute Gasteiger partial charge is 0.293 e. The normalized spacial score (nSPS) is 21.4. The third-order valence-corrected chi connectivity index (χ3v) is 3.47. The summed E-state index contributed by atoms with van der Waals surface area (Å²) in [7, 11) is 0. The highest BCUT2D eigenvalue weighted by atomic mass is 16.1. The van der Waals surface area contributed by atoms with Crippen molar-refractivity contribution in [3.8, 4) is 6.07 Å². The first-order chi connectivity index (χ1) is 8.83. The first kappa shape index (κ1) is 10.7. The van der Waals surface area contributed by atoms with Gasteiger partial charge in [0.05, 0.1) is 6.07 Å². The maximum absolute atomic E-state index is 12.2. The molecule has 3 rings (SSSR count). The molecule has 2 heteroatoms. The molecule has 0 unspecified atom stereocenters. The Hall–Kier alpha value is -2.40. The number of nitriles is 1. The molecule has 0 amide bonds. The molecule has 1 aliphatic rings. The number of Topliss-reactive ketones (excluding diaryl/α,β-unsaturated/α-hetero) is 1. The molecular formula is C16H11NO. The van der Waals surface area contributed by atoms with Crippen molar-refractivity contribution in [2.45, 2.75) is 5.92 Å². The number of carbonyl (C=O) groups excluding carboxylic acids is 1. The summed E-state index contributed by atoms with van der Waals surface area (Å²) < 4.78 is 0. The highest BCUT2D eigenvalue weighted by Crippen LogP contribution is 2.41. The Morgan fingerprint density at radius 1 is 0.944 bits per heavy atom. The van der Waals surface area contributed by atoms with Crippen LogP contribution in [0.5, 0.6) is 0 Å². The number of benzene rings is 2. The minimum atomic E-state index is -0.593. The SMILES string of the molecule is N#C[C@@H]1C(=O)c2ccccc2[C@H]1c1ccccc1. The van der Waals surface area contributed by atoms with Gasteiger partial charge in [-0.1, -0.05) is 54.6 Å². The lowest BCUT2D eigenvalue weighted by atomic mass is 9.86. The van der Waals surface area contributed by atoms with Crippen LogP contribution >= 0.6 is 0 Å². The summed E-state index contributed by atoms with van der Waals surface area (Å²) in [5.74, 6) is -0.772. The Kier molecular flexibility index (Phi) is 2.46. The molecule has 0 radical (unpaired) electrons. The molecule has 1 aliphatic carbocycles. The molecule has 86 valence electrons. The van der Waals surface area contributed by atoms with Crippen molar-refractivity contribution in [1.82, 2.24) is 0 Å². The average molecular weight is 233 g/mol. The fraction of sp³-hybridized carbons (Fsp3) is 0.125. The molecule has 18 heavy (non-hydrogen) atoms. The van der Waals surface area contributed by atoms with Crippen LogP contribution in [-0.4, -0.2) is 5.78 Å². The van der Waals surface area contributed by atoms with E-state index in [1.165, 1.54) is 0 Å². The van der Waals surface area contributed by atoms with Crippen LogP contribution in [0.1, 0.15) is 27.4 Å². The van der Waals surface area contributed by atoms with Crippen LogP contribution in [0.3, 0.4) is 0 Å². The van der Waals surface area contributed by atoms with Gasteiger partial charge in [0.2, 0.25) is 0 Å². The smallest absolute Gasteiger partial charge is 0.181 e. The van der Waals surface area contributed by atoms with Gasteiger partial charge in [-0.3, -0.25) is 4.79 Å². The van der Waals surface area contributed by atoms with E-state index in [0.717, 1.165) is 11.1 Å². The van der Waals surface area contributed by atoms with Crippen molar-refractivity contribution in [1.29, 1.82) is 5.26 Å². The van der Waals surface area contributed by atoms with Gasteiger partial charge in [-0.15, -0.1) is 0 Å². The molecular weight excluding hydrogens is 222 g/mol. The quantitative estimate of drug-likeness (QED) is 0.759. The topological polar surface area (TPSA) is 40.9 Å². The molecule has 2 aromatic carbocycles. The number of rotatable bonds is 1. The van der Waals surface area contributed by atoms with Gasteiger partial charge in [-0.2, -0.15) is 5.26 Å². The van der Waals surface area contributed by atoms with E-state index in [1.807, 2.05) is 54.6 Å². The van der Waals surface area contributed by atoms with Gasteiger partial charge in [0.15, 0.2) is 5.78 Å². The molecule has 0 saturated carbocycles. The molecule has 2 aromatic rings. The molecule has 0 fully saturated rings. The van der Waals surface area contributed by atoms with Crippen LogP contribution in [0.4, 0.5) is 0 Å². The second kappa shape index (κ2) is 4.12. The summed E-state index contributed by atoms with van der Waals surface area (Å²) >= 11 is 0. The van der Waals surface area contributed by atoms with Gasteiger partial charge in [-0.25, -0.2) is 0 Å². The fourth-order valence-electron chi connectivity index (χ4n) is 2.66. The van der Waals surface area contributed by atoms with Crippen molar-refractivity contribution in [3.05, 3.63) is 71.3 Å². The second-order valence-corrected chi connectivity index (χ2v) is 4.45. The highest BCUT2D eigenvalue weighted by Gasteiger charge is 2.40. The summed E-state index contributed by atoms with van der Waals surface area (Å²) in [6, 6.07) is 19.5. The maximum atomic E-state index is 12.2. The molecule has 0 aliphatic heterocycles. The number of fused-ring (bicyclic) bond motifs is 1. The van der Waals surface area contributed by atoms with Crippen LogP contribution in [0, 0.1) is 17.2 Å². The van der Waals surface area contributed by atoms with E-state index in [-0.39, 0.29) is 11.7 Å². The number of nitrogens with zero attached hydrogens (tertiary/aromatic N) is 1. The highest BCUT2D eigenvalue weighted by molar-refractivity contribution is 6.05. The van der Waals surface area contributed by atoms with E-state index < -0.39 is 5.92 Å². The van der Waals surface area contributed by atoms with E-state index in [4.69, 9.17) is 0 Å². The summed E-state index contributed by atoms with van der Waals surface area (Å²) in [5, 5.41) is 9.27. The van der Waals surface area contributed by atoms with Crippen molar-refractivity contribution >= 4 is 5.78 Å². The van der Waals surface area contributed by atoms with Crippen molar-refractivity contribution in [2.75, 3.05) is 0 Å². The van der Waals surface area contributed by atoms with Crippen LogP contribution < -0.4 is 0 Å². The van der Waals surface area contributed by atoms with Gasteiger partial charge in [0.1, 0.15) is 5.92 Å². The van der Waals surface area contributed by atoms with E-state index >= 15 is 0 Å². The number of carbonyl (C=O) groups is 1. The predicted molar refractivity (Wildman–Crippen MR) is 68.2 cm³/mol. The lowest BCUT2D eigenvalue weighted by Crippen LogP contribution is -2.12. The minimum Gasteiger partial charge on any atom is -0.293 e. The maximum Gasteiger partial charge on any atom is 0.181 e. The average Bonchev–Trinajstić information content (AvgIpc) is 2.73. The lowest BCUT2D eigenvalue weighted by molar-refractivity contribution is 0.0958. The Morgan fingerprint density at radius 2 is 1.61 bits per heavy atom. The number of hydrogen-bond acceptors (Lipinski definition) is 2. The summed E-state index contributed by atoms with van der Waals surface area (Å²) in [4.78, 5) is 12.2. The Balaban J connectivity index is 2.20. The van der Waals surface area contributed by atoms with Gasteiger partial charge in [0.25, 0.3) is 0 Å². The monoisotopic (exact) mass is 233 g/mol. The Labute approximate surface area is 105 Å². The molecule has 0 bridgehead atoms. The van der Waals surface area contributed by atoms with E-state index in [0.29, 0.717) is 5.56 Å². The van der Waals surface area contributed by atoms with Gasteiger partial charge >= 0.3 is 0 Å². The van der Waals surface area contributed by atoms with Gasteiger partial charge in [-0.05, 0) is 11.1 Å². The van der Waals surface area contributed by atoms with E-state index in [2.05, 4.69) is 6.07 Å². The molecule has 0 saturated heterocycles. The molecule has 0 heterocycles. The molecule has 2 nitrogen and oxygen atoms in total. The zero-order valence-electron chi connectivity index (χ0n) is 9.71. The number of ketones is 1. The van der Waals surface area contributed by atoms with E-state index in [1.54, 1.807) is 0 Å². The Bertz CT molecular complexity index is 640. The summed E-state index contributed by atoms with van der Waals surface area (Å²) in [5.41, 5.74) is 2.69. The molecule has 0 N–H and O–H groups in total. The third kappa shape index (κ3) is 1.45. The second-order valence-electron chi connectivity index (χ2n) is 4.45. The zero-order chi connectivity index (χ0) is 12.5. The fourth-order valence-corrected chi connectivity index (χ4v) is 2.66. The third-order valence-electron chi connectivity index (χ3n) is 3.47. The summed E-state index contributed by atoms with van der Waals surface area (Å²) in [6.07, 6.45) is 0. The molecule has 2 atom stereocenters. The first-order valence-corrected chi connectivity index (χ1v) is 5.90. The van der Waals surface area contributed by atoms with Crippen LogP contribution in [0.2, 0.25) is 0 Å². The van der Waals surface area contributed by atoms with Crippen molar-refractivity contribution < 1.29 is 4.79 Å². The summed E-state index contributed by atoms with van der Waals surface area (Å²) in [6.45, 7) is 0. The molecule has 0 aromatic heterocycles. The minimum absolute atomic E-state index is 0.0537. The van der Waals surface area contributed by atoms with Gasteiger partial charge in [0, 0.05) is 11.5 Å². The van der Waals surface area contributed by atoms with Crippen LogP contribution in [-0.2, 0) is 0 Å². The van der Waals surface area contributed by atoms with Crippen molar-refractivity contribution in [2.24, 2.45) is 5.92 Å². The first-order valence-electron chi connectivity index (χ1n) is 5.90. The van der Waals surface area contributed by atoms with Crippen LogP contribution in [0.25, 0.3) is 0 Å². The van der Waals surface area contributed by atoms with Crippen LogP contribution in [0.15, 0.2) is 54.6 Å². The van der Waals surface area contributed by atoms with Crippen molar-refractivity contribution in [3.63, 3.8) is 0 Å². The van der Waals surface area contributed by atoms with E-state index in [9.17, 15) is 10.1 Å².